The van der Waals surface area contributed by atoms with Crippen LogP contribution in [0.5, 0.6) is 0 Å². The molecule has 0 saturated carbocycles. The predicted molar refractivity (Wildman–Crippen MR) is 145 cm³/mol. The summed E-state index contributed by atoms with van der Waals surface area (Å²) >= 11 is 0. The summed E-state index contributed by atoms with van der Waals surface area (Å²) < 4.78 is 0. The molecular weight excluding hydrogens is 418 g/mol. The molecule has 3 heterocycles. The van der Waals surface area contributed by atoms with E-state index in [2.05, 4.69) is 100 Å². The van der Waals surface area contributed by atoms with Crippen LogP contribution < -0.4 is 10.2 Å². The zero-order valence-corrected chi connectivity index (χ0v) is 21.2. The maximum absolute atomic E-state index is 3.85. The fourth-order valence-corrected chi connectivity index (χ4v) is 5.51. The largest absolute Gasteiger partial charge is 0.371 e. The maximum Gasteiger partial charge on any atom is 0.0465 e. The van der Waals surface area contributed by atoms with Crippen molar-refractivity contribution in [2.45, 2.75) is 45.2 Å². The Labute approximate surface area is 205 Å². The standard InChI is InChI=1S/C29H41N5/c1-29(2,3)34-19-17-32(18-20-34)16-13-30-25-11-14-33(15-12-25)26-9-6-8-23(21-26)28-22-24-7-4-5-10-27(24)31-28/h4-10,21-22,25,30-31H,11-20H2,1-3H3. The molecule has 2 aliphatic rings. The Hall–Kier alpha value is -2.34. The molecule has 34 heavy (non-hydrogen) atoms. The second-order valence-electron chi connectivity index (χ2n) is 11.0. The van der Waals surface area contributed by atoms with Crippen molar-refractivity contribution in [1.82, 2.24) is 20.1 Å². The number of nitrogens with zero attached hydrogens (tertiary/aromatic N) is 3. The van der Waals surface area contributed by atoms with Crippen LogP contribution in [0.15, 0.2) is 54.6 Å². The number of para-hydroxylation sites is 1. The number of piperazine rings is 1. The van der Waals surface area contributed by atoms with E-state index in [1.165, 1.54) is 73.4 Å². The second-order valence-corrected chi connectivity index (χ2v) is 11.0. The molecule has 2 fully saturated rings. The van der Waals surface area contributed by atoms with Crippen molar-refractivity contribution >= 4 is 16.6 Å². The number of rotatable bonds is 6. The molecule has 182 valence electrons. The van der Waals surface area contributed by atoms with Gasteiger partial charge in [-0.25, -0.2) is 0 Å². The molecule has 0 atom stereocenters. The van der Waals surface area contributed by atoms with Crippen LogP contribution in [-0.4, -0.2) is 78.7 Å². The van der Waals surface area contributed by atoms with Gasteiger partial charge in [0.15, 0.2) is 0 Å². The van der Waals surface area contributed by atoms with Crippen molar-refractivity contribution in [3.8, 4) is 11.3 Å². The molecule has 2 aliphatic heterocycles. The molecule has 1 aromatic heterocycles. The number of hydrogen-bond acceptors (Lipinski definition) is 4. The average molecular weight is 460 g/mol. The van der Waals surface area contributed by atoms with Gasteiger partial charge in [-0.05, 0) is 63.4 Å². The third-order valence-corrected chi connectivity index (χ3v) is 7.73. The summed E-state index contributed by atoms with van der Waals surface area (Å²) in [5, 5.41) is 5.12. The predicted octanol–water partition coefficient (Wildman–Crippen LogP) is 4.81. The fraction of sp³-hybridized carbons (Fsp3) is 0.517. The minimum atomic E-state index is 0.299. The molecule has 0 spiro atoms. The van der Waals surface area contributed by atoms with E-state index < -0.39 is 0 Å². The van der Waals surface area contributed by atoms with Gasteiger partial charge in [-0.3, -0.25) is 9.80 Å². The lowest BCUT2D eigenvalue weighted by molar-refractivity contribution is 0.0624. The van der Waals surface area contributed by atoms with Gasteiger partial charge in [0.2, 0.25) is 0 Å². The third kappa shape index (κ3) is 5.48. The zero-order valence-electron chi connectivity index (χ0n) is 21.2. The van der Waals surface area contributed by atoms with E-state index in [1.807, 2.05) is 0 Å². The maximum atomic E-state index is 3.85. The van der Waals surface area contributed by atoms with E-state index in [0.717, 1.165) is 19.6 Å². The highest BCUT2D eigenvalue weighted by atomic mass is 15.3. The highest BCUT2D eigenvalue weighted by Gasteiger charge is 2.26. The van der Waals surface area contributed by atoms with E-state index in [9.17, 15) is 0 Å². The Morgan fingerprint density at radius 1 is 0.882 bits per heavy atom. The van der Waals surface area contributed by atoms with Gasteiger partial charge in [0.25, 0.3) is 0 Å². The monoisotopic (exact) mass is 459 g/mol. The summed E-state index contributed by atoms with van der Waals surface area (Å²) in [6.45, 7) is 16.3. The molecule has 0 bridgehead atoms. The van der Waals surface area contributed by atoms with Gasteiger partial charge in [-0.2, -0.15) is 0 Å². The number of nitrogens with one attached hydrogen (secondary N) is 2. The van der Waals surface area contributed by atoms with E-state index in [4.69, 9.17) is 0 Å². The molecule has 3 aromatic rings. The van der Waals surface area contributed by atoms with E-state index in [1.54, 1.807) is 0 Å². The molecule has 5 rings (SSSR count). The van der Waals surface area contributed by atoms with Crippen LogP contribution in [0.3, 0.4) is 0 Å². The number of fused-ring (bicyclic) bond motifs is 1. The molecule has 5 nitrogen and oxygen atoms in total. The zero-order chi connectivity index (χ0) is 23.5. The fourth-order valence-electron chi connectivity index (χ4n) is 5.51. The molecule has 5 heteroatoms. The Kier molecular flexibility index (Phi) is 6.96. The first-order valence-corrected chi connectivity index (χ1v) is 13.1. The van der Waals surface area contributed by atoms with Crippen molar-refractivity contribution in [2.24, 2.45) is 0 Å². The Bertz CT molecular complexity index is 1030. The van der Waals surface area contributed by atoms with Crippen molar-refractivity contribution in [3.63, 3.8) is 0 Å². The Balaban J connectivity index is 1.08. The molecule has 2 N–H and O–H groups in total. The summed E-state index contributed by atoms with van der Waals surface area (Å²) in [6.07, 6.45) is 2.43. The molecule has 0 unspecified atom stereocenters. The van der Waals surface area contributed by atoms with Crippen LogP contribution in [0, 0.1) is 0 Å². The molecule has 0 amide bonds. The van der Waals surface area contributed by atoms with Crippen LogP contribution in [0.25, 0.3) is 22.2 Å². The lowest BCUT2D eigenvalue weighted by atomic mass is 10.0. The third-order valence-electron chi connectivity index (χ3n) is 7.73. The van der Waals surface area contributed by atoms with Gasteiger partial charge in [-0.1, -0.05) is 30.3 Å². The van der Waals surface area contributed by atoms with Crippen LogP contribution in [0.1, 0.15) is 33.6 Å². The second kappa shape index (κ2) is 10.1. The van der Waals surface area contributed by atoms with E-state index in [-0.39, 0.29) is 0 Å². The summed E-state index contributed by atoms with van der Waals surface area (Å²) in [7, 11) is 0. The first kappa shape index (κ1) is 23.4. The van der Waals surface area contributed by atoms with Crippen molar-refractivity contribution < 1.29 is 0 Å². The van der Waals surface area contributed by atoms with Crippen molar-refractivity contribution in [2.75, 3.05) is 57.3 Å². The van der Waals surface area contributed by atoms with Crippen molar-refractivity contribution in [1.29, 1.82) is 0 Å². The van der Waals surface area contributed by atoms with Crippen LogP contribution in [0.4, 0.5) is 5.69 Å². The quantitative estimate of drug-likeness (QED) is 0.555. The summed E-state index contributed by atoms with van der Waals surface area (Å²) in [5.41, 5.74) is 5.30. The lowest BCUT2D eigenvalue weighted by Gasteiger charge is -2.42. The minimum Gasteiger partial charge on any atom is -0.371 e. The first-order valence-electron chi connectivity index (χ1n) is 13.1. The summed E-state index contributed by atoms with van der Waals surface area (Å²) in [5.74, 6) is 0. The van der Waals surface area contributed by atoms with Gasteiger partial charge >= 0.3 is 0 Å². The first-order chi connectivity index (χ1) is 16.5. The minimum absolute atomic E-state index is 0.299. The highest BCUT2D eigenvalue weighted by Crippen LogP contribution is 2.28. The SMILES string of the molecule is CC(C)(C)N1CCN(CCNC2CCN(c3cccc(-c4cc5ccccc5[nH]4)c3)CC2)CC1. The number of hydrogen-bond donors (Lipinski definition) is 2. The van der Waals surface area contributed by atoms with Crippen LogP contribution in [-0.2, 0) is 0 Å². The number of benzene rings is 2. The van der Waals surface area contributed by atoms with Gasteiger partial charge < -0.3 is 15.2 Å². The molecule has 2 saturated heterocycles. The molecule has 0 aliphatic carbocycles. The molecule has 0 radical (unpaired) electrons. The smallest absolute Gasteiger partial charge is 0.0465 e. The van der Waals surface area contributed by atoms with Crippen LogP contribution in [0.2, 0.25) is 0 Å². The Morgan fingerprint density at radius 3 is 2.38 bits per heavy atom. The topological polar surface area (TPSA) is 37.5 Å². The number of aromatic amines is 1. The Morgan fingerprint density at radius 2 is 1.65 bits per heavy atom. The summed E-state index contributed by atoms with van der Waals surface area (Å²) in [4.78, 5) is 11.4. The average Bonchev–Trinajstić information content (AvgIpc) is 3.29. The number of piperidine rings is 1. The van der Waals surface area contributed by atoms with Gasteiger partial charge in [0, 0.05) is 86.2 Å². The van der Waals surface area contributed by atoms with E-state index >= 15 is 0 Å². The summed E-state index contributed by atoms with van der Waals surface area (Å²) in [6, 6.07) is 20.4. The van der Waals surface area contributed by atoms with Gasteiger partial charge in [0.1, 0.15) is 0 Å². The molecule has 2 aromatic carbocycles. The molecular formula is C29H41N5. The van der Waals surface area contributed by atoms with Gasteiger partial charge in [-0.15, -0.1) is 0 Å². The normalized spacial score (nSPS) is 19.2. The number of aromatic nitrogens is 1. The number of anilines is 1. The van der Waals surface area contributed by atoms with E-state index in [0.29, 0.717) is 11.6 Å². The number of H-pyrrole nitrogens is 1. The highest BCUT2D eigenvalue weighted by molar-refractivity contribution is 5.86. The van der Waals surface area contributed by atoms with Crippen LogP contribution >= 0.6 is 0 Å². The van der Waals surface area contributed by atoms with Crippen molar-refractivity contribution in [3.05, 3.63) is 54.6 Å². The van der Waals surface area contributed by atoms with Gasteiger partial charge in [0.05, 0.1) is 0 Å². The lowest BCUT2D eigenvalue weighted by Crippen LogP contribution is -2.54.